The fourth-order valence-corrected chi connectivity index (χ4v) is 4.21. The second-order valence-electron chi connectivity index (χ2n) is 8.66. The first-order chi connectivity index (χ1) is 14.5. The summed E-state index contributed by atoms with van der Waals surface area (Å²) in [4.78, 5) is 22.0. The number of benzene rings is 1. The van der Waals surface area contributed by atoms with Crippen LogP contribution >= 0.6 is 0 Å². The molecule has 0 unspecified atom stereocenters. The topological polar surface area (TPSA) is 39.3 Å². The number of hydrogen-bond acceptors (Lipinski definition) is 5. The zero-order chi connectivity index (χ0) is 21.9. The van der Waals surface area contributed by atoms with E-state index in [1.165, 1.54) is 18.4 Å². The molecular weight excluding hydrogens is 376 g/mol. The van der Waals surface area contributed by atoms with Crippen LogP contribution in [0.15, 0.2) is 24.3 Å². The summed E-state index contributed by atoms with van der Waals surface area (Å²) in [5, 5.41) is 0. The second-order valence-corrected chi connectivity index (χ2v) is 8.66. The van der Waals surface area contributed by atoms with Crippen molar-refractivity contribution in [1.29, 1.82) is 0 Å². The molecule has 170 valence electrons. The van der Waals surface area contributed by atoms with Gasteiger partial charge in [-0.15, -0.1) is 0 Å². The third-order valence-corrected chi connectivity index (χ3v) is 6.09. The zero-order valence-electron chi connectivity index (χ0n) is 19.8. The molecule has 0 radical (unpaired) electrons. The first-order valence-corrected chi connectivity index (χ1v) is 11.5. The van der Waals surface area contributed by atoms with Gasteiger partial charge in [0.15, 0.2) is 0 Å². The predicted octanol–water partition coefficient (Wildman–Crippen LogP) is 2.64. The Morgan fingerprint density at radius 1 is 1.17 bits per heavy atom. The Hall–Kier alpha value is -1.63. The molecule has 1 aromatic carbocycles. The van der Waals surface area contributed by atoms with Gasteiger partial charge < -0.3 is 14.5 Å². The quantitative estimate of drug-likeness (QED) is 0.522. The van der Waals surface area contributed by atoms with Crippen molar-refractivity contribution in [2.45, 2.75) is 33.2 Å². The summed E-state index contributed by atoms with van der Waals surface area (Å²) < 4.78 is 5.53. The molecule has 0 aliphatic carbocycles. The van der Waals surface area contributed by atoms with Crippen LogP contribution in [0.5, 0.6) is 5.75 Å². The van der Waals surface area contributed by atoms with Crippen molar-refractivity contribution in [2.75, 3.05) is 73.6 Å². The zero-order valence-corrected chi connectivity index (χ0v) is 19.8. The molecule has 2 rings (SSSR count). The standard InChI is InChI=1S/C24H42N4O2/c1-6-26(7-2)20-24(29)28(16-15-25(3)4)18-21-11-10-14-27(17-21)19-22-12-8-9-13-23(22)30-5/h8-9,12-13,21H,6-7,10-11,14-20H2,1-5H3/t21-/m0/s1. The first-order valence-electron chi connectivity index (χ1n) is 11.5. The fourth-order valence-electron chi connectivity index (χ4n) is 4.21. The number of methoxy groups -OCH3 is 1. The fraction of sp³-hybridized carbons (Fsp3) is 0.708. The molecule has 1 fully saturated rings. The molecule has 0 spiro atoms. The van der Waals surface area contributed by atoms with E-state index in [4.69, 9.17) is 4.74 Å². The van der Waals surface area contributed by atoms with E-state index in [0.29, 0.717) is 12.5 Å². The lowest BCUT2D eigenvalue weighted by Crippen LogP contribution is -2.47. The van der Waals surface area contributed by atoms with Gasteiger partial charge in [-0.05, 0) is 58.6 Å². The maximum atomic E-state index is 13.0. The molecule has 0 saturated carbocycles. The van der Waals surface area contributed by atoms with E-state index in [2.05, 4.69) is 59.7 Å². The summed E-state index contributed by atoms with van der Waals surface area (Å²) in [6.45, 7) is 12.2. The van der Waals surface area contributed by atoms with Crippen molar-refractivity contribution in [3.63, 3.8) is 0 Å². The highest BCUT2D eigenvalue weighted by Gasteiger charge is 2.25. The first kappa shape index (κ1) is 24.6. The lowest BCUT2D eigenvalue weighted by Gasteiger charge is -2.36. The Morgan fingerprint density at radius 2 is 1.90 bits per heavy atom. The van der Waals surface area contributed by atoms with Crippen molar-refractivity contribution < 1.29 is 9.53 Å². The van der Waals surface area contributed by atoms with Crippen LogP contribution in [0, 0.1) is 5.92 Å². The van der Waals surface area contributed by atoms with E-state index in [1.54, 1.807) is 7.11 Å². The summed E-state index contributed by atoms with van der Waals surface area (Å²) in [5.74, 6) is 1.75. The lowest BCUT2D eigenvalue weighted by atomic mass is 9.96. The number of carbonyl (C=O) groups excluding carboxylic acids is 1. The van der Waals surface area contributed by atoms with E-state index in [9.17, 15) is 4.79 Å². The van der Waals surface area contributed by atoms with E-state index in [0.717, 1.165) is 58.1 Å². The summed E-state index contributed by atoms with van der Waals surface area (Å²) in [6.07, 6.45) is 2.38. The van der Waals surface area contributed by atoms with Crippen molar-refractivity contribution in [2.24, 2.45) is 5.92 Å². The number of likely N-dealkylation sites (tertiary alicyclic amines) is 1. The predicted molar refractivity (Wildman–Crippen MR) is 124 cm³/mol. The van der Waals surface area contributed by atoms with Crippen molar-refractivity contribution in [1.82, 2.24) is 19.6 Å². The molecule has 6 heteroatoms. The van der Waals surface area contributed by atoms with Crippen molar-refractivity contribution >= 4 is 5.91 Å². The van der Waals surface area contributed by atoms with Crippen molar-refractivity contribution in [3.8, 4) is 5.75 Å². The molecule has 1 atom stereocenters. The molecule has 6 nitrogen and oxygen atoms in total. The summed E-state index contributed by atoms with van der Waals surface area (Å²) in [6, 6.07) is 8.28. The Balaban J connectivity index is 1.98. The highest BCUT2D eigenvalue weighted by molar-refractivity contribution is 5.78. The largest absolute Gasteiger partial charge is 0.496 e. The van der Waals surface area contributed by atoms with Crippen LogP contribution in [-0.2, 0) is 11.3 Å². The van der Waals surface area contributed by atoms with Crippen LogP contribution in [0.25, 0.3) is 0 Å². The molecule has 0 aromatic heterocycles. The number of ether oxygens (including phenoxy) is 1. The van der Waals surface area contributed by atoms with Gasteiger partial charge in [0.2, 0.25) is 5.91 Å². The van der Waals surface area contributed by atoms with Gasteiger partial charge in [0, 0.05) is 38.3 Å². The molecule has 1 heterocycles. The van der Waals surface area contributed by atoms with Crippen LogP contribution in [0.2, 0.25) is 0 Å². The average Bonchev–Trinajstić information content (AvgIpc) is 2.75. The lowest BCUT2D eigenvalue weighted by molar-refractivity contribution is -0.133. The SMILES string of the molecule is CCN(CC)CC(=O)N(CCN(C)C)C[C@H]1CCCN(Cc2ccccc2OC)C1. The number of piperidine rings is 1. The minimum atomic E-state index is 0.266. The number of carbonyl (C=O) groups is 1. The van der Waals surface area contributed by atoms with Gasteiger partial charge >= 0.3 is 0 Å². The minimum Gasteiger partial charge on any atom is -0.496 e. The number of likely N-dealkylation sites (N-methyl/N-ethyl adjacent to an activating group) is 2. The Kier molecular flexibility index (Phi) is 10.6. The van der Waals surface area contributed by atoms with E-state index in [-0.39, 0.29) is 5.91 Å². The van der Waals surface area contributed by atoms with Gasteiger partial charge in [-0.2, -0.15) is 0 Å². The smallest absolute Gasteiger partial charge is 0.236 e. The molecule has 0 N–H and O–H groups in total. The summed E-state index contributed by atoms with van der Waals surface area (Å²) in [7, 11) is 5.88. The van der Waals surface area contributed by atoms with Crippen LogP contribution in [0.3, 0.4) is 0 Å². The molecule has 1 aliphatic rings. The number of para-hydroxylation sites is 1. The molecule has 0 bridgehead atoms. The van der Waals surface area contributed by atoms with Crippen LogP contribution < -0.4 is 4.74 Å². The number of hydrogen-bond donors (Lipinski definition) is 0. The van der Waals surface area contributed by atoms with E-state index in [1.807, 2.05) is 12.1 Å². The molecule has 1 aromatic rings. The number of amides is 1. The highest BCUT2D eigenvalue weighted by atomic mass is 16.5. The maximum Gasteiger partial charge on any atom is 0.236 e. The normalized spacial score (nSPS) is 17.5. The van der Waals surface area contributed by atoms with Gasteiger partial charge in [-0.3, -0.25) is 14.6 Å². The van der Waals surface area contributed by atoms with Crippen LogP contribution in [0.4, 0.5) is 0 Å². The Morgan fingerprint density at radius 3 is 2.57 bits per heavy atom. The molecular formula is C24H42N4O2. The van der Waals surface area contributed by atoms with E-state index >= 15 is 0 Å². The highest BCUT2D eigenvalue weighted by Crippen LogP contribution is 2.24. The number of nitrogens with zero attached hydrogens (tertiary/aromatic N) is 4. The van der Waals surface area contributed by atoms with Gasteiger partial charge in [0.1, 0.15) is 5.75 Å². The number of rotatable bonds is 12. The summed E-state index contributed by atoms with van der Waals surface area (Å²) in [5.41, 5.74) is 1.24. The third-order valence-electron chi connectivity index (χ3n) is 6.09. The Bertz CT molecular complexity index is 633. The minimum absolute atomic E-state index is 0.266. The van der Waals surface area contributed by atoms with Gasteiger partial charge in [0.25, 0.3) is 0 Å². The molecule has 1 amide bonds. The maximum absolute atomic E-state index is 13.0. The monoisotopic (exact) mass is 418 g/mol. The average molecular weight is 419 g/mol. The van der Waals surface area contributed by atoms with Gasteiger partial charge in [-0.1, -0.05) is 32.0 Å². The molecule has 30 heavy (non-hydrogen) atoms. The van der Waals surface area contributed by atoms with Gasteiger partial charge in [0.05, 0.1) is 13.7 Å². The van der Waals surface area contributed by atoms with E-state index < -0.39 is 0 Å². The van der Waals surface area contributed by atoms with Gasteiger partial charge in [-0.25, -0.2) is 0 Å². The summed E-state index contributed by atoms with van der Waals surface area (Å²) >= 11 is 0. The van der Waals surface area contributed by atoms with Crippen LogP contribution in [-0.4, -0.2) is 99.1 Å². The third kappa shape index (κ3) is 7.89. The second kappa shape index (κ2) is 12.9. The molecule has 1 saturated heterocycles. The Labute approximate surface area is 183 Å². The van der Waals surface area contributed by atoms with Crippen molar-refractivity contribution in [3.05, 3.63) is 29.8 Å². The molecule has 1 aliphatic heterocycles. The van der Waals surface area contributed by atoms with Crippen LogP contribution in [0.1, 0.15) is 32.3 Å².